The third-order valence-electron chi connectivity index (χ3n) is 4.96. The number of hydrogen-bond donors (Lipinski definition) is 1. The van der Waals surface area contributed by atoms with Crippen molar-refractivity contribution in [1.82, 2.24) is 5.32 Å². The van der Waals surface area contributed by atoms with Crippen molar-refractivity contribution in [2.24, 2.45) is 5.92 Å². The summed E-state index contributed by atoms with van der Waals surface area (Å²) in [5.41, 5.74) is 4.37. The van der Waals surface area contributed by atoms with Gasteiger partial charge in [-0.3, -0.25) is 0 Å². The van der Waals surface area contributed by atoms with E-state index in [1.807, 2.05) is 0 Å². The van der Waals surface area contributed by atoms with E-state index in [-0.39, 0.29) is 0 Å². The maximum atomic E-state index is 3.53. The van der Waals surface area contributed by atoms with Crippen molar-refractivity contribution >= 4 is 0 Å². The topological polar surface area (TPSA) is 12.0 Å². The van der Waals surface area contributed by atoms with Crippen LogP contribution in [0.4, 0.5) is 0 Å². The highest BCUT2D eigenvalue weighted by Crippen LogP contribution is 2.31. The molecule has 0 aliphatic heterocycles. The smallest absolute Gasteiger partial charge is 0.0320 e. The van der Waals surface area contributed by atoms with Gasteiger partial charge in [-0.05, 0) is 56.3 Å². The van der Waals surface area contributed by atoms with E-state index in [0.717, 1.165) is 5.92 Å². The van der Waals surface area contributed by atoms with Gasteiger partial charge in [0.05, 0.1) is 0 Å². The van der Waals surface area contributed by atoms with Gasteiger partial charge in [-0.1, -0.05) is 50.3 Å². The lowest BCUT2D eigenvalue weighted by Crippen LogP contribution is -2.19. The van der Waals surface area contributed by atoms with Crippen LogP contribution in [0.2, 0.25) is 0 Å². The summed E-state index contributed by atoms with van der Waals surface area (Å²) in [5.74, 6) is 0.981. The van der Waals surface area contributed by atoms with Crippen molar-refractivity contribution in [2.45, 2.75) is 64.8 Å². The van der Waals surface area contributed by atoms with Crippen LogP contribution in [0, 0.1) is 19.8 Å². The third kappa shape index (κ3) is 3.82. The highest BCUT2D eigenvalue weighted by molar-refractivity contribution is 5.35. The molecule has 0 heterocycles. The molecule has 1 N–H and O–H groups in total. The van der Waals surface area contributed by atoms with Gasteiger partial charge in [0.25, 0.3) is 0 Å². The van der Waals surface area contributed by atoms with E-state index in [0.29, 0.717) is 6.04 Å². The Morgan fingerprint density at radius 3 is 2.58 bits per heavy atom. The molecule has 0 saturated heterocycles. The van der Waals surface area contributed by atoms with Gasteiger partial charge in [0, 0.05) is 6.04 Å². The minimum atomic E-state index is 0.529. The highest BCUT2D eigenvalue weighted by atomic mass is 14.9. The summed E-state index contributed by atoms with van der Waals surface area (Å²) in [4.78, 5) is 0. The Labute approximate surface area is 118 Å². The Bertz CT molecular complexity index is 391. The van der Waals surface area contributed by atoms with Gasteiger partial charge in [-0.2, -0.15) is 0 Å². The Morgan fingerprint density at radius 2 is 1.89 bits per heavy atom. The number of aryl methyl sites for hydroxylation is 1. The zero-order valence-electron chi connectivity index (χ0n) is 12.8. The predicted molar refractivity (Wildman–Crippen MR) is 83.5 cm³/mol. The molecule has 19 heavy (non-hydrogen) atoms. The molecule has 1 aromatic rings. The van der Waals surface area contributed by atoms with Crippen LogP contribution < -0.4 is 5.32 Å². The molecule has 0 aromatic heterocycles. The maximum Gasteiger partial charge on any atom is 0.0320 e. The van der Waals surface area contributed by atoms with E-state index in [2.05, 4.69) is 44.4 Å². The number of rotatable bonds is 5. The molecule has 1 saturated carbocycles. The van der Waals surface area contributed by atoms with E-state index in [4.69, 9.17) is 0 Å². The molecule has 0 amide bonds. The minimum absolute atomic E-state index is 0.529. The van der Waals surface area contributed by atoms with Crippen molar-refractivity contribution in [3.05, 3.63) is 34.9 Å². The van der Waals surface area contributed by atoms with Crippen molar-refractivity contribution in [2.75, 3.05) is 7.05 Å². The molecule has 0 bridgehead atoms. The molecular weight excluding hydrogens is 230 g/mol. The molecule has 1 aliphatic rings. The van der Waals surface area contributed by atoms with Crippen molar-refractivity contribution in [1.29, 1.82) is 0 Å². The molecule has 1 aliphatic carbocycles. The Kier molecular flexibility index (Phi) is 5.45. The fourth-order valence-electron chi connectivity index (χ4n) is 3.48. The fourth-order valence-corrected chi connectivity index (χ4v) is 3.48. The molecule has 106 valence electrons. The van der Waals surface area contributed by atoms with E-state index in [1.165, 1.54) is 61.6 Å². The maximum absolute atomic E-state index is 3.53. The first-order valence-electron chi connectivity index (χ1n) is 7.95. The van der Waals surface area contributed by atoms with Crippen molar-refractivity contribution in [3.8, 4) is 0 Å². The zero-order chi connectivity index (χ0) is 13.7. The molecule has 0 spiro atoms. The van der Waals surface area contributed by atoms with Gasteiger partial charge < -0.3 is 5.32 Å². The van der Waals surface area contributed by atoms with Gasteiger partial charge >= 0.3 is 0 Å². The van der Waals surface area contributed by atoms with Crippen LogP contribution in [0.5, 0.6) is 0 Å². The van der Waals surface area contributed by atoms with Gasteiger partial charge in [0.15, 0.2) is 0 Å². The lowest BCUT2D eigenvalue weighted by molar-refractivity contribution is 0.317. The van der Waals surface area contributed by atoms with Crippen LogP contribution >= 0.6 is 0 Å². The first-order valence-corrected chi connectivity index (χ1v) is 7.95. The first kappa shape index (κ1) is 14.6. The van der Waals surface area contributed by atoms with Crippen molar-refractivity contribution in [3.63, 3.8) is 0 Å². The normalized spacial score (nSPS) is 18.5. The summed E-state index contributed by atoms with van der Waals surface area (Å²) in [7, 11) is 2.10. The van der Waals surface area contributed by atoms with E-state index in [1.54, 1.807) is 0 Å². The molecular formula is C18H29N. The monoisotopic (exact) mass is 259 g/mol. The number of nitrogens with one attached hydrogen (secondary N) is 1. The van der Waals surface area contributed by atoms with E-state index in [9.17, 15) is 0 Å². The molecule has 1 heteroatoms. The molecule has 1 aromatic carbocycles. The summed E-state index contributed by atoms with van der Waals surface area (Å²) in [6.45, 7) is 4.47. The van der Waals surface area contributed by atoms with Crippen LogP contribution in [0.25, 0.3) is 0 Å². The Balaban J connectivity index is 1.97. The lowest BCUT2D eigenvalue weighted by Gasteiger charge is -2.25. The Hall–Kier alpha value is -0.820. The lowest BCUT2D eigenvalue weighted by atomic mass is 9.84. The van der Waals surface area contributed by atoms with E-state index < -0.39 is 0 Å². The third-order valence-corrected chi connectivity index (χ3v) is 4.96. The summed E-state index contributed by atoms with van der Waals surface area (Å²) in [6, 6.07) is 7.24. The number of hydrogen-bond acceptors (Lipinski definition) is 1. The Morgan fingerprint density at radius 1 is 1.16 bits per heavy atom. The number of benzene rings is 1. The first-order chi connectivity index (χ1) is 9.22. The quantitative estimate of drug-likeness (QED) is 0.791. The van der Waals surface area contributed by atoms with Crippen LogP contribution in [-0.2, 0) is 0 Å². The summed E-state index contributed by atoms with van der Waals surface area (Å²) >= 11 is 0. The van der Waals surface area contributed by atoms with Gasteiger partial charge in [0.1, 0.15) is 0 Å². The fraction of sp³-hybridized carbons (Fsp3) is 0.667. The molecule has 1 atom stereocenters. The van der Waals surface area contributed by atoms with Crippen molar-refractivity contribution < 1.29 is 0 Å². The molecule has 1 unspecified atom stereocenters. The van der Waals surface area contributed by atoms with Gasteiger partial charge in [0.2, 0.25) is 0 Å². The average molecular weight is 259 g/mol. The standard InChI is InChI=1S/C18H29N/c1-14-8-7-11-17(15(14)2)18(19-3)13-12-16-9-5-4-6-10-16/h7-8,11,16,18-19H,4-6,9-10,12-13H2,1-3H3. The average Bonchev–Trinajstić information content (AvgIpc) is 2.45. The van der Waals surface area contributed by atoms with Crippen LogP contribution in [0.3, 0.4) is 0 Å². The SMILES string of the molecule is CNC(CCC1CCCCC1)c1cccc(C)c1C. The second-order valence-corrected chi connectivity index (χ2v) is 6.21. The van der Waals surface area contributed by atoms with Gasteiger partial charge in [-0.25, -0.2) is 0 Å². The van der Waals surface area contributed by atoms with Crippen LogP contribution in [0.15, 0.2) is 18.2 Å². The molecule has 1 nitrogen and oxygen atoms in total. The van der Waals surface area contributed by atoms with Crippen LogP contribution in [0.1, 0.15) is 67.7 Å². The molecule has 1 fully saturated rings. The second-order valence-electron chi connectivity index (χ2n) is 6.21. The predicted octanol–water partition coefficient (Wildman–Crippen LogP) is 4.92. The highest BCUT2D eigenvalue weighted by Gasteiger charge is 2.17. The molecule has 2 rings (SSSR count). The minimum Gasteiger partial charge on any atom is -0.313 e. The summed E-state index contributed by atoms with van der Waals surface area (Å²) < 4.78 is 0. The van der Waals surface area contributed by atoms with E-state index >= 15 is 0 Å². The summed E-state index contributed by atoms with van der Waals surface area (Å²) in [6.07, 6.45) is 9.97. The zero-order valence-corrected chi connectivity index (χ0v) is 12.8. The largest absolute Gasteiger partial charge is 0.313 e. The van der Waals surface area contributed by atoms with Gasteiger partial charge in [-0.15, -0.1) is 0 Å². The van der Waals surface area contributed by atoms with Crippen LogP contribution in [-0.4, -0.2) is 7.05 Å². The second kappa shape index (κ2) is 7.09. The molecule has 0 radical (unpaired) electrons. The summed E-state index contributed by atoms with van der Waals surface area (Å²) in [5, 5.41) is 3.53.